The van der Waals surface area contributed by atoms with Crippen LogP contribution >= 0.6 is 0 Å². The monoisotopic (exact) mass is 367 g/mol. The van der Waals surface area contributed by atoms with E-state index in [0.717, 1.165) is 43.9 Å². The Kier molecular flexibility index (Phi) is 4.76. The lowest BCUT2D eigenvalue weighted by molar-refractivity contribution is -0.127. The average molecular weight is 367 g/mol. The Bertz CT molecular complexity index is 794. The molecule has 27 heavy (non-hydrogen) atoms. The summed E-state index contributed by atoms with van der Waals surface area (Å²) in [6, 6.07) is 10.2. The Morgan fingerprint density at radius 1 is 1.26 bits per heavy atom. The van der Waals surface area contributed by atoms with Crippen molar-refractivity contribution in [1.29, 1.82) is 0 Å². The molecule has 1 aromatic carbocycles. The maximum atomic E-state index is 12.8. The molecule has 1 N–H and O–H groups in total. The lowest BCUT2D eigenvalue weighted by atomic mass is 9.75. The Balaban J connectivity index is 1.39. The minimum Gasteiger partial charge on any atom is -0.326 e. The predicted octanol–water partition coefficient (Wildman–Crippen LogP) is 2.92. The number of amides is 1. The number of nitrogens with zero attached hydrogens (tertiary/aromatic N) is 4. The largest absolute Gasteiger partial charge is 0.326 e. The predicted molar refractivity (Wildman–Crippen MR) is 105 cm³/mol. The number of aromatic nitrogens is 3. The first kappa shape index (κ1) is 18.2. The summed E-state index contributed by atoms with van der Waals surface area (Å²) in [5.41, 5.74) is 1.93. The number of hydrogen-bond donors (Lipinski definition) is 1. The topological polar surface area (TPSA) is 63.1 Å². The van der Waals surface area contributed by atoms with Crippen LogP contribution < -0.4 is 5.32 Å². The number of carbonyl (C=O) groups is 1. The van der Waals surface area contributed by atoms with Gasteiger partial charge in [0.25, 0.3) is 0 Å². The van der Waals surface area contributed by atoms with Gasteiger partial charge in [-0.05, 0) is 37.4 Å². The highest BCUT2D eigenvalue weighted by molar-refractivity contribution is 5.93. The molecule has 4 atom stereocenters. The van der Waals surface area contributed by atoms with Crippen molar-refractivity contribution in [3.63, 3.8) is 0 Å². The van der Waals surface area contributed by atoms with Crippen molar-refractivity contribution >= 4 is 11.6 Å². The van der Waals surface area contributed by atoms with Crippen LogP contribution in [-0.2, 0) is 16.8 Å². The third-order valence-corrected chi connectivity index (χ3v) is 5.96. The fourth-order valence-corrected chi connectivity index (χ4v) is 4.33. The van der Waals surface area contributed by atoms with Crippen LogP contribution in [0.25, 0.3) is 0 Å². The number of carbonyl (C=O) groups excluding carboxylic acids is 1. The molecule has 4 heterocycles. The fourth-order valence-electron chi connectivity index (χ4n) is 4.33. The van der Waals surface area contributed by atoms with E-state index in [4.69, 9.17) is 0 Å². The number of rotatable bonds is 4. The highest BCUT2D eigenvalue weighted by Gasteiger charge is 2.43. The Morgan fingerprint density at radius 2 is 2.04 bits per heavy atom. The SMILES string of the molecule is CC(C)(C)c1cn(C[C@H]2C[C@H]3CCN2C[C@@H]3C(=O)Nc2ccccc2)nn1. The lowest BCUT2D eigenvalue weighted by Crippen LogP contribution is -2.57. The molecule has 6 heteroatoms. The van der Waals surface area contributed by atoms with Crippen molar-refractivity contribution in [3.8, 4) is 0 Å². The molecule has 3 aliphatic rings. The molecule has 0 spiro atoms. The van der Waals surface area contributed by atoms with E-state index in [1.54, 1.807) is 0 Å². The van der Waals surface area contributed by atoms with E-state index in [2.05, 4.69) is 47.5 Å². The van der Waals surface area contributed by atoms with Crippen molar-refractivity contribution in [2.75, 3.05) is 18.4 Å². The molecule has 6 nitrogen and oxygen atoms in total. The Labute approximate surface area is 160 Å². The number of anilines is 1. The van der Waals surface area contributed by atoms with Gasteiger partial charge in [0.15, 0.2) is 0 Å². The van der Waals surface area contributed by atoms with E-state index in [1.165, 1.54) is 0 Å². The van der Waals surface area contributed by atoms with Gasteiger partial charge in [0.05, 0.1) is 18.2 Å². The van der Waals surface area contributed by atoms with Gasteiger partial charge in [-0.3, -0.25) is 14.4 Å². The summed E-state index contributed by atoms with van der Waals surface area (Å²) in [6.07, 6.45) is 4.23. The van der Waals surface area contributed by atoms with Gasteiger partial charge in [-0.1, -0.05) is 44.2 Å². The molecular weight excluding hydrogens is 338 g/mol. The summed E-state index contributed by atoms with van der Waals surface area (Å²) in [7, 11) is 0. The number of fused-ring (bicyclic) bond motifs is 3. The zero-order valence-corrected chi connectivity index (χ0v) is 16.4. The molecule has 2 bridgehead atoms. The lowest BCUT2D eigenvalue weighted by Gasteiger charge is -2.49. The van der Waals surface area contributed by atoms with Crippen molar-refractivity contribution in [1.82, 2.24) is 19.9 Å². The van der Waals surface area contributed by atoms with Gasteiger partial charge in [-0.25, -0.2) is 0 Å². The van der Waals surface area contributed by atoms with E-state index in [1.807, 2.05) is 35.0 Å². The van der Waals surface area contributed by atoms with Crippen molar-refractivity contribution < 1.29 is 4.79 Å². The van der Waals surface area contributed by atoms with E-state index in [-0.39, 0.29) is 17.2 Å². The molecule has 1 aromatic heterocycles. The number of hydrogen-bond acceptors (Lipinski definition) is 4. The van der Waals surface area contributed by atoms with Crippen molar-refractivity contribution in [2.24, 2.45) is 11.8 Å². The summed E-state index contributed by atoms with van der Waals surface area (Å²) in [5, 5.41) is 11.8. The van der Waals surface area contributed by atoms with Crippen LogP contribution in [0.4, 0.5) is 5.69 Å². The molecule has 3 fully saturated rings. The molecule has 2 aromatic rings. The van der Waals surface area contributed by atoms with Gasteiger partial charge in [-0.2, -0.15) is 0 Å². The first-order valence-corrected chi connectivity index (χ1v) is 9.91. The molecule has 0 saturated carbocycles. The van der Waals surface area contributed by atoms with Gasteiger partial charge >= 0.3 is 0 Å². The molecule has 0 aliphatic carbocycles. The molecule has 1 amide bonds. The fraction of sp³-hybridized carbons (Fsp3) is 0.571. The second-order valence-corrected chi connectivity index (χ2v) is 8.97. The second-order valence-electron chi connectivity index (χ2n) is 8.97. The minimum absolute atomic E-state index is 0.0186. The molecule has 5 rings (SSSR count). The van der Waals surface area contributed by atoms with Gasteiger partial charge in [0, 0.05) is 29.9 Å². The quantitative estimate of drug-likeness (QED) is 0.902. The van der Waals surface area contributed by atoms with Gasteiger partial charge in [0.2, 0.25) is 5.91 Å². The zero-order valence-electron chi connectivity index (χ0n) is 16.4. The van der Waals surface area contributed by atoms with Crippen LogP contribution in [0, 0.1) is 11.8 Å². The number of piperidine rings is 3. The van der Waals surface area contributed by atoms with E-state index >= 15 is 0 Å². The Morgan fingerprint density at radius 3 is 2.67 bits per heavy atom. The maximum Gasteiger partial charge on any atom is 0.229 e. The molecule has 0 radical (unpaired) electrons. The summed E-state index contributed by atoms with van der Waals surface area (Å²) >= 11 is 0. The van der Waals surface area contributed by atoms with E-state index in [0.29, 0.717) is 12.0 Å². The van der Waals surface area contributed by atoms with Crippen LogP contribution in [0.5, 0.6) is 0 Å². The third kappa shape index (κ3) is 3.90. The molecular formula is C21H29N5O. The first-order valence-electron chi connectivity index (χ1n) is 9.91. The van der Waals surface area contributed by atoms with Crippen LogP contribution in [0.3, 0.4) is 0 Å². The minimum atomic E-state index is 0.0186. The van der Waals surface area contributed by atoms with E-state index in [9.17, 15) is 4.79 Å². The number of nitrogens with one attached hydrogen (secondary N) is 1. The van der Waals surface area contributed by atoms with Crippen LogP contribution in [-0.4, -0.2) is 44.9 Å². The normalized spacial score (nSPS) is 27.5. The smallest absolute Gasteiger partial charge is 0.229 e. The standard InChI is InChI=1S/C21H29N5O/c1-21(2,3)19-14-26(24-23-19)12-17-11-15-9-10-25(17)13-18(15)20(27)22-16-7-5-4-6-8-16/h4-8,14-15,17-18H,9-13H2,1-3H3,(H,22,27)/t15-,17-,18+/m1/s1. The number of para-hydroxylation sites is 1. The van der Waals surface area contributed by atoms with Gasteiger partial charge in [-0.15, -0.1) is 5.10 Å². The van der Waals surface area contributed by atoms with Crippen LogP contribution in [0.2, 0.25) is 0 Å². The van der Waals surface area contributed by atoms with Crippen LogP contribution in [0.1, 0.15) is 39.3 Å². The van der Waals surface area contributed by atoms with Gasteiger partial charge in [0.1, 0.15) is 0 Å². The van der Waals surface area contributed by atoms with Crippen molar-refractivity contribution in [2.45, 2.75) is 51.6 Å². The zero-order chi connectivity index (χ0) is 19.0. The highest BCUT2D eigenvalue weighted by Crippen LogP contribution is 2.37. The molecule has 3 aliphatic heterocycles. The second kappa shape index (κ2) is 7.08. The summed E-state index contributed by atoms with van der Waals surface area (Å²) in [4.78, 5) is 15.2. The summed E-state index contributed by atoms with van der Waals surface area (Å²) in [6.45, 7) is 9.24. The number of benzene rings is 1. The van der Waals surface area contributed by atoms with Gasteiger partial charge < -0.3 is 5.32 Å². The average Bonchev–Trinajstić information content (AvgIpc) is 3.12. The Hall–Kier alpha value is -2.21. The highest BCUT2D eigenvalue weighted by atomic mass is 16.2. The first-order chi connectivity index (χ1) is 12.9. The van der Waals surface area contributed by atoms with Crippen molar-refractivity contribution in [3.05, 3.63) is 42.2 Å². The maximum absolute atomic E-state index is 12.8. The van der Waals surface area contributed by atoms with Crippen LogP contribution in [0.15, 0.2) is 36.5 Å². The third-order valence-electron chi connectivity index (χ3n) is 5.96. The molecule has 1 unspecified atom stereocenters. The summed E-state index contributed by atoms with van der Waals surface area (Å²) < 4.78 is 1.98. The molecule has 3 saturated heterocycles. The molecule has 144 valence electrons. The summed E-state index contributed by atoms with van der Waals surface area (Å²) in [5.74, 6) is 0.690. The van der Waals surface area contributed by atoms with E-state index < -0.39 is 0 Å².